The highest BCUT2D eigenvalue weighted by Crippen LogP contribution is 2.41. The molecule has 0 spiro atoms. The maximum Gasteiger partial charge on any atom is 0.254 e. The fourth-order valence-corrected chi connectivity index (χ4v) is 5.02. The van der Waals surface area contributed by atoms with Crippen molar-refractivity contribution in [3.63, 3.8) is 0 Å². The minimum Gasteiger partial charge on any atom is -0.360 e. The van der Waals surface area contributed by atoms with Gasteiger partial charge >= 0.3 is 0 Å². The van der Waals surface area contributed by atoms with Crippen LogP contribution in [0.25, 0.3) is 5.57 Å². The zero-order valence-electron chi connectivity index (χ0n) is 19.5. The Labute approximate surface area is 202 Å². The van der Waals surface area contributed by atoms with Gasteiger partial charge < -0.3 is 15.2 Å². The predicted molar refractivity (Wildman–Crippen MR) is 127 cm³/mol. The number of hydrogen-bond acceptors (Lipinski definition) is 4. The van der Waals surface area contributed by atoms with E-state index < -0.39 is 29.5 Å². The van der Waals surface area contributed by atoms with Crippen LogP contribution in [-0.2, 0) is 16.1 Å². The largest absolute Gasteiger partial charge is 0.360 e. The van der Waals surface area contributed by atoms with Crippen molar-refractivity contribution < 1.29 is 18.4 Å². The van der Waals surface area contributed by atoms with Crippen LogP contribution >= 0.6 is 0 Å². The standard InChI is InChI=1S/C27H26F2N4O2/c1-3-22(26-30-10-11-31-26)33-14-20-18(8-5-9-21(20)29)24(15(33)2)27(35)32-25(19-13-23(19)34)16-6-4-7-17(28)12-16/h4-12,19,22,25H,3,13-14H2,1-2H3,(H,30,31)(H,32,35)/t19?,22-,25?/m0/s1. The SMILES string of the molecule is CC[C@@H](c1ncc[nH]1)N1Cc2c(F)cccc2C(C(=O)NC(c2cccc(F)c2)C2CC2=O)=C1C. The topological polar surface area (TPSA) is 78.1 Å². The van der Waals surface area contributed by atoms with Gasteiger partial charge in [-0.25, -0.2) is 13.8 Å². The Morgan fingerprint density at radius 3 is 2.69 bits per heavy atom. The van der Waals surface area contributed by atoms with Crippen molar-refractivity contribution in [2.45, 2.75) is 45.3 Å². The van der Waals surface area contributed by atoms with Gasteiger partial charge in [0.2, 0.25) is 0 Å². The van der Waals surface area contributed by atoms with Crippen LogP contribution in [0.1, 0.15) is 61.3 Å². The van der Waals surface area contributed by atoms with Crippen LogP contribution in [-0.4, -0.2) is 26.6 Å². The van der Waals surface area contributed by atoms with Gasteiger partial charge in [0.15, 0.2) is 0 Å². The molecule has 2 aromatic carbocycles. The van der Waals surface area contributed by atoms with Crippen molar-refractivity contribution in [1.82, 2.24) is 20.2 Å². The molecule has 3 aromatic rings. The fourth-order valence-electron chi connectivity index (χ4n) is 5.02. The van der Waals surface area contributed by atoms with Crippen molar-refractivity contribution in [2.75, 3.05) is 0 Å². The van der Waals surface area contributed by atoms with Gasteiger partial charge in [0.1, 0.15) is 23.2 Å². The number of nitrogens with one attached hydrogen (secondary N) is 2. The molecule has 0 radical (unpaired) electrons. The molecule has 1 aliphatic carbocycles. The van der Waals surface area contributed by atoms with E-state index in [2.05, 4.69) is 15.3 Å². The molecule has 2 heterocycles. The minimum atomic E-state index is -0.662. The Balaban J connectivity index is 1.56. The highest BCUT2D eigenvalue weighted by Gasteiger charge is 2.44. The van der Waals surface area contributed by atoms with Gasteiger partial charge in [0.25, 0.3) is 5.91 Å². The number of ketones is 1. The first-order chi connectivity index (χ1) is 16.9. The summed E-state index contributed by atoms with van der Waals surface area (Å²) in [5.74, 6) is -0.912. The van der Waals surface area contributed by atoms with Gasteiger partial charge in [-0.15, -0.1) is 0 Å². The summed E-state index contributed by atoms with van der Waals surface area (Å²) >= 11 is 0. The number of Topliss-reactive ketones (excluding diaryl/α,β-unsaturated/α-hetero) is 1. The van der Waals surface area contributed by atoms with Crippen LogP contribution in [0.2, 0.25) is 0 Å². The minimum absolute atomic E-state index is 0.0193. The smallest absolute Gasteiger partial charge is 0.254 e. The lowest BCUT2D eigenvalue weighted by Gasteiger charge is -2.38. The van der Waals surface area contributed by atoms with Crippen LogP contribution in [0.4, 0.5) is 8.78 Å². The second kappa shape index (κ2) is 9.09. The Kier molecular flexibility index (Phi) is 5.96. The lowest BCUT2D eigenvalue weighted by atomic mass is 9.90. The highest BCUT2D eigenvalue weighted by atomic mass is 19.1. The first-order valence-electron chi connectivity index (χ1n) is 11.7. The number of allylic oxidation sites excluding steroid dienone is 1. The third-order valence-corrected chi connectivity index (χ3v) is 6.91. The summed E-state index contributed by atoms with van der Waals surface area (Å²) in [6.07, 6.45) is 4.41. The second-order valence-electron chi connectivity index (χ2n) is 9.04. The first kappa shape index (κ1) is 23.0. The maximum absolute atomic E-state index is 15.0. The maximum atomic E-state index is 15.0. The Hall–Kier alpha value is -3.81. The normalized spacial score (nSPS) is 18.8. The van der Waals surface area contributed by atoms with E-state index in [1.54, 1.807) is 36.7 Å². The van der Waals surface area contributed by atoms with Crippen LogP contribution < -0.4 is 5.32 Å². The zero-order chi connectivity index (χ0) is 24.7. The van der Waals surface area contributed by atoms with E-state index >= 15 is 0 Å². The van der Waals surface area contributed by atoms with Crippen LogP contribution in [0, 0.1) is 17.6 Å². The number of carbonyl (C=O) groups excluding carboxylic acids is 2. The summed E-state index contributed by atoms with van der Waals surface area (Å²) in [6.45, 7) is 4.14. The molecule has 6 nitrogen and oxygen atoms in total. The summed E-state index contributed by atoms with van der Waals surface area (Å²) in [5, 5.41) is 2.97. The van der Waals surface area contributed by atoms with Gasteiger partial charge in [-0.3, -0.25) is 9.59 Å². The number of carbonyl (C=O) groups is 2. The molecule has 35 heavy (non-hydrogen) atoms. The number of fused-ring (bicyclic) bond motifs is 1. The molecule has 2 aliphatic rings. The monoisotopic (exact) mass is 476 g/mol. The summed E-state index contributed by atoms with van der Waals surface area (Å²) in [7, 11) is 0. The van der Waals surface area contributed by atoms with Crippen molar-refractivity contribution >= 4 is 17.3 Å². The van der Waals surface area contributed by atoms with Gasteiger partial charge in [-0.2, -0.15) is 0 Å². The van der Waals surface area contributed by atoms with Crippen molar-refractivity contribution in [1.29, 1.82) is 0 Å². The lowest BCUT2D eigenvalue weighted by molar-refractivity contribution is -0.116. The fraction of sp³-hybridized carbons (Fsp3) is 0.296. The first-order valence-corrected chi connectivity index (χ1v) is 11.7. The Bertz CT molecular complexity index is 1320. The average molecular weight is 477 g/mol. The average Bonchev–Trinajstić information content (AvgIpc) is 3.31. The number of hydrogen-bond donors (Lipinski definition) is 2. The Morgan fingerprint density at radius 1 is 1.26 bits per heavy atom. The molecule has 2 N–H and O–H groups in total. The number of aromatic amines is 1. The third kappa shape index (κ3) is 4.24. The number of nitrogens with zero attached hydrogens (tertiary/aromatic N) is 2. The molecule has 5 rings (SSSR count). The number of imidazole rings is 1. The summed E-state index contributed by atoms with van der Waals surface area (Å²) in [4.78, 5) is 35.3. The van der Waals surface area contributed by atoms with Gasteiger partial charge in [-0.05, 0) is 42.7 Å². The van der Waals surface area contributed by atoms with Crippen molar-refractivity contribution in [3.05, 3.63) is 94.7 Å². The number of halogens is 2. The Morgan fingerprint density at radius 2 is 2.03 bits per heavy atom. The van der Waals surface area contributed by atoms with E-state index in [0.29, 0.717) is 40.8 Å². The lowest BCUT2D eigenvalue weighted by Crippen LogP contribution is -2.37. The molecule has 2 unspecified atom stereocenters. The molecule has 8 heteroatoms. The molecule has 3 atom stereocenters. The van der Waals surface area contributed by atoms with E-state index in [4.69, 9.17) is 0 Å². The van der Waals surface area contributed by atoms with E-state index in [1.165, 1.54) is 18.2 Å². The summed E-state index contributed by atoms with van der Waals surface area (Å²) in [6, 6.07) is 9.78. The molecular formula is C27H26F2N4O2. The van der Waals surface area contributed by atoms with E-state index in [0.717, 1.165) is 5.82 Å². The van der Waals surface area contributed by atoms with Gasteiger partial charge in [0.05, 0.1) is 17.7 Å². The molecule has 1 saturated carbocycles. The summed E-state index contributed by atoms with van der Waals surface area (Å²) in [5.41, 5.74) is 2.50. The second-order valence-corrected chi connectivity index (χ2v) is 9.04. The predicted octanol–water partition coefficient (Wildman–Crippen LogP) is 4.83. The number of benzene rings is 2. The number of amides is 1. The van der Waals surface area contributed by atoms with E-state index in [1.807, 2.05) is 18.7 Å². The van der Waals surface area contributed by atoms with Crippen LogP contribution in [0.5, 0.6) is 0 Å². The summed E-state index contributed by atoms with van der Waals surface area (Å²) < 4.78 is 28.9. The van der Waals surface area contributed by atoms with Crippen LogP contribution in [0.15, 0.2) is 60.6 Å². The number of aromatic nitrogens is 2. The molecule has 1 fully saturated rings. The van der Waals surface area contributed by atoms with Crippen molar-refractivity contribution in [2.24, 2.45) is 5.92 Å². The molecule has 0 bridgehead atoms. The highest BCUT2D eigenvalue weighted by molar-refractivity contribution is 6.21. The molecule has 0 saturated heterocycles. The molecule has 1 aliphatic heterocycles. The van der Waals surface area contributed by atoms with Crippen molar-refractivity contribution in [3.8, 4) is 0 Å². The quantitative estimate of drug-likeness (QED) is 0.512. The van der Waals surface area contributed by atoms with Gasteiger partial charge in [-0.1, -0.05) is 31.2 Å². The molecular weight excluding hydrogens is 450 g/mol. The van der Waals surface area contributed by atoms with E-state index in [-0.39, 0.29) is 18.4 Å². The van der Waals surface area contributed by atoms with Crippen LogP contribution in [0.3, 0.4) is 0 Å². The molecule has 1 amide bonds. The zero-order valence-corrected chi connectivity index (χ0v) is 19.5. The van der Waals surface area contributed by atoms with E-state index in [9.17, 15) is 18.4 Å². The molecule has 1 aromatic heterocycles. The molecule has 180 valence electrons. The number of rotatable bonds is 7. The van der Waals surface area contributed by atoms with Gasteiger partial charge in [0, 0.05) is 42.5 Å². The third-order valence-electron chi connectivity index (χ3n) is 6.91. The number of H-pyrrole nitrogens is 1.